The summed E-state index contributed by atoms with van der Waals surface area (Å²) in [5, 5.41) is 3.90. The van der Waals surface area contributed by atoms with Gasteiger partial charge in [0.05, 0.1) is 5.39 Å². The second-order valence-corrected chi connectivity index (χ2v) is 5.88. The van der Waals surface area contributed by atoms with Crippen molar-refractivity contribution in [3.05, 3.63) is 72.9 Å². The summed E-state index contributed by atoms with van der Waals surface area (Å²) < 4.78 is 2.42. The molecule has 0 radical (unpaired) electrons. The maximum atomic E-state index is 4.56. The minimum atomic E-state index is 0.953. The predicted molar refractivity (Wildman–Crippen MR) is 92.9 cm³/mol. The second-order valence-electron chi connectivity index (χ2n) is 5.88. The third-order valence-corrected chi connectivity index (χ3v) is 4.64. The zero-order chi connectivity index (χ0) is 15.2. The van der Waals surface area contributed by atoms with Crippen molar-refractivity contribution < 1.29 is 4.57 Å². The van der Waals surface area contributed by atoms with Crippen LogP contribution in [0.3, 0.4) is 0 Å². The number of hydrogen-bond acceptors (Lipinski definition) is 2. The predicted octanol–water partition coefficient (Wildman–Crippen LogP) is 3.83. The molecule has 3 heterocycles. The average Bonchev–Trinajstić information content (AvgIpc) is 3.08. The molecule has 0 spiro atoms. The van der Waals surface area contributed by atoms with Crippen molar-refractivity contribution in [2.75, 3.05) is 11.4 Å². The fourth-order valence-corrected chi connectivity index (χ4v) is 3.67. The van der Waals surface area contributed by atoms with Crippen molar-refractivity contribution in [3.63, 3.8) is 0 Å². The van der Waals surface area contributed by atoms with Crippen molar-refractivity contribution in [2.45, 2.75) is 6.54 Å². The van der Waals surface area contributed by atoms with E-state index in [9.17, 15) is 0 Å². The van der Waals surface area contributed by atoms with Crippen molar-refractivity contribution >= 4 is 33.3 Å². The zero-order valence-corrected chi connectivity index (χ0v) is 12.7. The highest BCUT2D eigenvalue weighted by Gasteiger charge is 2.34. The molecule has 0 unspecified atom stereocenters. The number of benzene rings is 2. The van der Waals surface area contributed by atoms with E-state index >= 15 is 0 Å². The molecule has 0 aliphatic carbocycles. The van der Waals surface area contributed by atoms with Gasteiger partial charge in [0.1, 0.15) is 18.6 Å². The Labute approximate surface area is 134 Å². The molecule has 0 N–H and O–H groups in total. The molecule has 4 aromatic rings. The normalized spacial score (nSPS) is 13.7. The number of fused-ring (bicyclic) bond motifs is 6. The van der Waals surface area contributed by atoms with Gasteiger partial charge in [-0.25, -0.2) is 14.5 Å². The van der Waals surface area contributed by atoms with E-state index in [-0.39, 0.29) is 0 Å². The molecule has 2 aromatic heterocycles. The van der Waals surface area contributed by atoms with Crippen LogP contribution in [0.25, 0.3) is 21.7 Å². The maximum absolute atomic E-state index is 4.56. The van der Waals surface area contributed by atoms with Crippen LogP contribution < -0.4 is 9.47 Å². The first kappa shape index (κ1) is 12.6. The summed E-state index contributed by atoms with van der Waals surface area (Å²) in [6, 6.07) is 23.4. The van der Waals surface area contributed by atoms with E-state index in [1.54, 1.807) is 0 Å². The Morgan fingerprint density at radius 1 is 0.783 bits per heavy atom. The van der Waals surface area contributed by atoms with E-state index in [1.165, 1.54) is 27.5 Å². The van der Waals surface area contributed by atoms with Crippen molar-refractivity contribution in [1.29, 1.82) is 0 Å². The lowest BCUT2D eigenvalue weighted by Crippen LogP contribution is -2.32. The summed E-state index contributed by atoms with van der Waals surface area (Å²) in [5.74, 6) is 2.26. The van der Waals surface area contributed by atoms with Crippen LogP contribution in [0.15, 0.2) is 72.9 Å². The van der Waals surface area contributed by atoms with Crippen LogP contribution >= 0.6 is 0 Å². The molecule has 2 aromatic carbocycles. The Morgan fingerprint density at radius 2 is 1.52 bits per heavy atom. The van der Waals surface area contributed by atoms with Gasteiger partial charge in [-0.2, -0.15) is 0 Å². The number of hydrogen-bond donors (Lipinski definition) is 0. The van der Waals surface area contributed by atoms with Gasteiger partial charge in [0.15, 0.2) is 0 Å². The van der Waals surface area contributed by atoms with Crippen molar-refractivity contribution in [2.24, 2.45) is 0 Å². The van der Waals surface area contributed by atoms with Gasteiger partial charge in [-0.15, -0.1) is 0 Å². The molecule has 23 heavy (non-hydrogen) atoms. The van der Waals surface area contributed by atoms with E-state index in [0.29, 0.717) is 0 Å². The monoisotopic (exact) mass is 298 g/mol. The molecule has 3 heteroatoms. The largest absolute Gasteiger partial charge is 0.291 e. The molecule has 0 atom stereocenters. The SMILES string of the molecule is c1ccc(N2CC[n+]3c2c2ccccc2c2ccccc23)nc1. The van der Waals surface area contributed by atoms with Gasteiger partial charge in [-0.05, 0) is 18.2 Å². The highest BCUT2D eigenvalue weighted by Crippen LogP contribution is 2.35. The van der Waals surface area contributed by atoms with Gasteiger partial charge in [-0.3, -0.25) is 0 Å². The lowest BCUT2D eigenvalue weighted by Gasteiger charge is -2.12. The van der Waals surface area contributed by atoms with Crippen molar-refractivity contribution in [1.82, 2.24) is 4.98 Å². The quantitative estimate of drug-likeness (QED) is 0.393. The summed E-state index contributed by atoms with van der Waals surface area (Å²) in [7, 11) is 0. The molecule has 1 aliphatic rings. The first-order valence-corrected chi connectivity index (χ1v) is 7.95. The Morgan fingerprint density at radius 3 is 2.35 bits per heavy atom. The molecule has 1 aliphatic heterocycles. The summed E-state index contributed by atoms with van der Waals surface area (Å²) in [4.78, 5) is 6.89. The third-order valence-electron chi connectivity index (χ3n) is 4.64. The third kappa shape index (κ3) is 1.77. The molecular weight excluding hydrogens is 282 g/mol. The van der Waals surface area contributed by atoms with E-state index in [2.05, 4.69) is 69.0 Å². The molecule has 110 valence electrons. The fourth-order valence-electron chi connectivity index (χ4n) is 3.67. The lowest BCUT2D eigenvalue weighted by molar-refractivity contribution is -0.643. The number of para-hydroxylation sites is 1. The van der Waals surface area contributed by atoms with Crippen molar-refractivity contribution in [3.8, 4) is 0 Å². The minimum absolute atomic E-state index is 0.953. The Balaban J connectivity index is 1.91. The first-order valence-electron chi connectivity index (χ1n) is 7.95. The van der Waals surface area contributed by atoms with Crippen LogP contribution in [0, 0.1) is 0 Å². The minimum Gasteiger partial charge on any atom is -0.222 e. The van der Waals surface area contributed by atoms with Gasteiger partial charge >= 0.3 is 0 Å². The number of anilines is 2. The van der Waals surface area contributed by atoms with E-state index in [4.69, 9.17) is 0 Å². The zero-order valence-electron chi connectivity index (χ0n) is 12.7. The van der Waals surface area contributed by atoms with Crippen LogP contribution in [-0.4, -0.2) is 11.5 Å². The van der Waals surface area contributed by atoms with Crippen LogP contribution in [0.5, 0.6) is 0 Å². The van der Waals surface area contributed by atoms with Crippen LogP contribution in [0.4, 0.5) is 11.6 Å². The van der Waals surface area contributed by atoms with Crippen LogP contribution in [0.1, 0.15) is 0 Å². The van der Waals surface area contributed by atoms with Gasteiger partial charge in [0, 0.05) is 23.0 Å². The van der Waals surface area contributed by atoms with E-state index in [0.717, 1.165) is 18.9 Å². The molecule has 5 rings (SSSR count). The smallest absolute Gasteiger partial charge is 0.222 e. The molecule has 0 saturated heterocycles. The number of nitrogens with zero attached hydrogens (tertiary/aromatic N) is 3. The molecular formula is C20H16N3+. The molecule has 3 nitrogen and oxygen atoms in total. The molecule has 0 bridgehead atoms. The first-order chi connectivity index (χ1) is 11.4. The number of rotatable bonds is 1. The maximum Gasteiger partial charge on any atom is 0.291 e. The summed E-state index contributed by atoms with van der Waals surface area (Å²) in [6.07, 6.45) is 1.86. The second kappa shape index (κ2) is 4.78. The fraction of sp³-hybridized carbons (Fsp3) is 0.100. The number of aromatic nitrogens is 2. The Bertz CT molecular complexity index is 1020. The number of pyridine rings is 2. The molecule has 0 amide bonds. The summed E-state index contributed by atoms with van der Waals surface area (Å²) in [6.45, 7) is 1.94. The highest BCUT2D eigenvalue weighted by molar-refractivity contribution is 6.08. The average molecular weight is 298 g/mol. The summed E-state index contributed by atoms with van der Waals surface area (Å²) >= 11 is 0. The highest BCUT2D eigenvalue weighted by atomic mass is 15.3. The van der Waals surface area contributed by atoms with Gasteiger partial charge in [-0.1, -0.05) is 42.5 Å². The Kier molecular flexibility index (Phi) is 2.62. The van der Waals surface area contributed by atoms with Gasteiger partial charge in [0.25, 0.3) is 5.82 Å². The molecule has 0 saturated carbocycles. The van der Waals surface area contributed by atoms with E-state index in [1.807, 2.05) is 18.3 Å². The topological polar surface area (TPSA) is 20.0 Å². The van der Waals surface area contributed by atoms with E-state index < -0.39 is 0 Å². The summed E-state index contributed by atoms with van der Waals surface area (Å²) in [5.41, 5.74) is 1.29. The Hall–Kier alpha value is -2.94. The van der Waals surface area contributed by atoms with Gasteiger partial charge in [0.2, 0.25) is 5.82 Å². The standard InChI is InChI=1S/C20H16N3/c1-2-9-17-15(7-1)16-8-3-4-10-18(16)22-13-14-23(20(17)22)19-11-5-6-12-21-19/h1-12H,13-14H2/q+1. The van der Waals surface area contributed by atoms with Crippen LogP contribution in [-0.2, 0) is 6.54 Å². The van der Waals surface area contributed by atoms with Crippen LogP contribution in [0.2, 0.25) is 0 Å². The lowest BCUT2D eigenvalue weighted by atomic mass is 10.1. The molecule has 0 fully saturated rings. The van der Waals surface area contributed by atoms with Gasteiger partial charge < -0.3 is 0 Å².